The van der Waals surface area contributed by atoms with Gasteiger partial charge in [0.25, 0.3) is 0 Å². The predicted molar refractivity (Wildman–Crippen MR) is 51.7 cm³/mol. The maximum absolute atomic E-state index is 11.6. The molecule has 73 valence electrons. The van der Waals surface area contributed by atoms with Crippen molar-refractivity contribution >= 4 is 5.91 Å². The Morgan fingerprint density at radius 3 is 2.38 bits per heavy atom. The van der Waals surface area contributed by atoms with Crippen LogP contribution in [0.5, 0.6) is 0 Å². The van der Waals surface area contributed by atoms with Crippen molar-refractivity contribution in [1.29, 1.82) is 0 Å². The summed E-state index contributed by atoms with van der Waals surface area (Å²) in [6.07, 6.45) is 3.26. The van der Waals surface area contributed by atoms with Crippen LogP contribution in [-0.2, 0) is 4.79 Å². The number of fused-ring (bicyclic) bond motifs is 2. The summed E-state index contributed by atoms with van der Waals surface area (Å²) in [7, 11) is 0. The van der Waals surface area contributed by atoms with Crippen molar-refractivity contribution in [2.45, 2.75) is 40.0 Å². The van der Waals surface area contributed by atoms with Crippen molar-refractivity contribution in [1.82, 2.24) is 0 Å². The van der Waals surface area contributed by atoms with Crippen LogP contribution >= 0.6 is 0 Å². The first-order valence-corrected chi connectivity index (χ1v) is 5.06. The smallest absolute Gasteiger partial charge is 0.224 e. The summed E-state index contributed by atoms with van der Waals surface area (Å²) in [5.41, 5.74) is 5.40. The van der Waals surface area contributed by atoms with Gasteiger partial charge < -0.3 is 5.73 Å². The van der Waals surface area contributed by atoms with Crippen LogP contribution in [0.15, 0.2) is 0 Å². The number of primary amides is 1. The van der Waals surface area contributed by atoms with Crippen LogP contribution < -0.4 is 5.73 Å². The minimum Gasteiger partial charge on any atom is -0.369 e. The van der Waals surface area contributed by atoms with E-state index in [1.165, 1.54) is 12.3 Å². The molecule has 0 aromatic heterocycles. The fraction of sp³-hybridized carbons (Fsp3) is 0.818. The van der Waals surface area contributed by atoms with Gasteiger partial charge in [0, 0.05) is 0 Å². The lowest BCUT2D eigenvalue weighted by atomic mass is 9.65. The van der Waals surface area contributed by atoms with E-state index in [4.69, 9.17) is 5.73 Å². The first kappa shape index (κ1) is 9.04. The molecule has 0 heterocycles. The van der Waals surface area contributed by atoms with Gasteiger partial charge in [-0.3, -0.25) is 4.79 Å². The maximum atomic E-state index is 11.6. The molecule has 1 amide bonds. The lowest BCUT2D eigenvalue weighted by molar-refractivity contribution is -0.130. The van der Waals surface area contributed by atoms with Gasteiger partial charge in [-0.2, -0.15) is 0 Å². The summed E-state index contributed by atoms with van der Waals surface area (Å²) in [6, 6.07) is 0. The van der Waals surface area contributed by atoms with E-state index in [0.29, 0.717) is 5.92 Å². The number of hydrogen-bond acceptors (Lipinski definition) is 1. The number of hydrogen-bond donors (Lipinski definition) is 1. The molecule has 2 heteroatoms. The standard InChI is InChI=1S/C11H18NO/c1-7-6-8-4-5-11(7,9(12)13)10(8,2)3/h8H,4-6H2,1-3H3,(H2,12,13)/t8-,11+/m1/s1. The van der Waals surface area contributed by atoms with Crippen LogP contribution in [0.1, 0.15) is 40.0 Å². The fourth-order valence-corrected chi connectivity index (χ4v) is 3.74. The van der Waals surface area contributed by atoms with E-state index in [2.05, 4.69) is 20.8 Å². The number of rotatable bonds is 1. The first-order chi connectivity index (χ1) is 5.93. The average Bonchev–Trinajstić information content (AvgIpc) is 2.35. The molecule has 1 radical (unpaired) electrons. The first-order valence-electron chi connectivity index (χ1n) is 5.06. The molecule has 0 unspecified atom stereocenters. The van der Waals surface area contributed by atoms with Crippen LogP contribution in [0, 0.1) is 22.7 Å². The van der Waals surface area contributed by atoms with Gasteiger partial charge in [-0.15, -0.1) is 0 Å². The van der Waals surface area contributed by atoms with E-state index in [1.807, 2.05) is 0 Å². The van der Waals surface area contributed by atoms with Gasteiger partial charge in [-0.1, -0.05) is 20.8 Å². The van der Waals surface area contributed by atoms with E-state index in [0.717, 1.165) is 12.8 Å². The van der Waals surface area contributed by atoms with E-state index in [1.54, 1.807) is 0 Å². The number of amides is 1. The van der Waals surface area contributed by atoms with Crippen molar-refractivity contribution in [2.75, 3.05) is 0 Å². The molecule has 2 rings (SSSR count). The van der Waals surface area contributed by atoms with Crippen LogP contribution in [-0.4, -0.2) is 5.91 Å². The van der Waals surface area contributed by atoms with Gasteiger partial charge >= 0.3 is 0 Å². The number of carbonyl (C=O) groups excluding carboxylic acids is 1. The molecular formula is C11H18NO. The summed E-state index contributed by atoms with van der Waals surface area (Å²) in [5, 5.41) is 0. The van der Waals surface area contributed by atoms with Crippen LogP contribution in [0.3, 0.4) is 0 Å². The maximum Gasteiger partial charge on any atom is 0.224 e. The quantitative estimate of drug-likeness (QED) is 0.658. The molecule has 2 saturated carbocycles. The zero-order chi connectivity index (χ0) is 9.85. The Kier molecular flexibility index (Phi) is 1.59. The molecule has 2 aliphatic rings. The Labute approximate surface area is 79.9 Å². The third-order valence-electron chi connectivity index (χ3n) is 4.69. The van der Waals surface area contributed by atoms with Gasteiger partial charge in [0.1, 0.15) is 0 Å². The van der Waals surface area contributed by atoms with Crippen molar-refractivity contribution in [3.63, 3.8) is 0 Å². The molecule has 2 bridgehead atoms. The molecule has 2 nitrogen and oxygen atoms in total. The second-order valence-electron chi connectivity index (χ2n) is 5.21. The highest BCUT2D eigenvalue weighted by Gasteiger charge is 2.65. The highest BCUT2D eigenvalue weighted by atomic mass is 16.1. The molecule has 2 fully saturated rings. The van der Waals surface area contributed by atoms with Crippen molar-refractivity contribution in [3.05, 3.63) is 5.92 Å². The van der Waals surface area contributed by atoms with E-state index < -0.39 is 0 Å². The second-order valence-corrected chi connectivity index (χ2v) is 5.21. The second kappa shape index (κ2) is 2.28. The van der Waals surface area contributed by atoms with Crippen molar-refractivity contribution in [3.8, 4) is 0 Å². The monoisotopic (exact) mass is 180 g/mol. The third kappa shape index (κ3) is 0.773. The molecule has 2 aliphatic carbocycles. The van der Waals surface area contributed by atoms with Gasteiger partial charge in [-0.05, 0) is 36.5 Å². The molecule has 0 saturated heterocycles. The number of nitrogens with two attached hydrogens (primary N) is 1. The SMILES string of the molecule is C[C]1C[C@H]2CC[C@]1(C(N)=O)C2(C)C. The molecule has 13 heavy (non-hydrogen) atoms. The minimum absolute atomic E-state index is 0.100. The van der Waals surface area contributed by atoms with Crippen LogP contribution in [0.2, 0.25) is 0 Å². The highest BCUT2D eigenvalue weighted by molar-refractivity contribution is 5.85. The lowest BCUT2D eigenvalue weighted by Crippen LogP contribution is -2.45. The summed E-state index contributed by atoms with van der Waals surface area (Å²) in [4.78, 5) is 11.6. The van der Waals surface area contributed by atoms with Crippen LogP contribution in [0.4, 0.5) is 0 Å². The van der Waals surface area contributed by atoms with Gasteiger partial charge in [0.05, 0.1) is 5.41 Å². The Balaban J connectivity index is 2.49. The van der Waals surface area contributed by atoms with Gasteiger partial charge in [0.2, 0.25) is 5.91 Å². The predicted octanol–water partition coefficient (Wildman–Crippen LogP) is 1.89. The summed E-state index contributed by atoms with van der Waals surface area (Å²) < 4.78 is 0. The Morgan fingerprint density at radius 1 is 1.54 bits per heavy atom. The molecule has 2 N–H and O–H groups in total. The largest absolute Gasteiger partial charge is 0.369 e. The molecule has 0 spiro atoms. The Hall–Kier alpha value is -0.530. The molecule has 0 aliphatic heterocycles. The minimum atomic E-state index is -0.280. The Morgan fingerprint density at radius 2 is 2.15 bits per heavy atom. The molecule has 0 aromatic rings. The summed E-state index contributed by atoms with van der Waals surface area (Å²) >= 11 is 0. The molecule has 0 aromatic carbocycles. The normalized spacial score (nSPS) is 42.5. The zero-order valence-electron chi connectivity index (χ0n) is 8.68. The lowest BCUT2D eigenvalue weighted by Gasteiger charge is -2.37. The van der Waals surface area contributed by atoms with Crippen molar-refractivity contribution in [2.24, 2.45) is 22.5 Å². The summed E-state index contributed by atoms with van der Waals surface area (Å²) in [6.45, 7) is 6.50. The average molecular weight is 180 g/mol. The Bertz CT molecular complexity index is 259. The summed E-state index contributed by atoms with van der Waals surface area (Å²) in [5.74, 6) is 1.90. The van der Waals surface area contributed by atoms with Gasteiger partial charge in [0.15, 0.2) is 0 Å². The van der Waals surface area contributed by atoms with Crippen LogP contribution in [0.25, 0.3) is 0 Å². The highest BCUT2D eigenvalue weighted by Crippen LogP contribution is 2.68. The third-order valence-corrected chi connectivity index (χ3v) is 4.69. The van der Waals surface area contributed by atoms with Gasteiger partial charge in [-0.25, -0.2) is 0 Å². The van der Waals surface area contributed by atoms with E-state index in [-0.39, 0.29) is 16.7 Å². The van der Waals surface area contributed by atoms with Crippen molar-refractivity contribution < 1.29 is 4.79 Å². The molecule has 2 atom stereocenters. The molecular weight excluding hydrogens is 162 g/mol. The zero-order valence-corrected chi connectivity index (χ0v) is 8.68. The van der Waals surface area contributed by atoms with E-state index in [9.17, 15) is 4.79 Å². The topological polar surface area (TPSA) is 43.1 Å². The van der Waals surface area contributed by atoms with E-state index >= 15 is 0 Å². The number of carbonyl (C=O) groups is 1. The fourth-order valence-electron chi connectivity index (χ4n) is 3.74.